The zero-order valence-electron chi connectivity index (χ0n) is 18.6. The first-order chi connectivity index (χ1) is 16.0. The number of hydrogen-bond acceptors (Lipinski definition) is 10. The monoisotopic (exact) mass is 477 g/mol. The zero-order valence-corrected chi connectivity index (χ0v) is 19.5. The third-order valence-electron chi connectivity index (χ3n) is 5.04. The predicted molar refractivity (Wildman–Crippen MR) is 121 cm³/mol. The number of imidazole rings is 1. The van der Waals surface area contributed by atoms with Gasteiger partial charge in [-0.2, -0.15) is 0 Å². The average molecular weight is 477 g/mol. The number of aromatic nitrogens is 4. The molecule has 1 aromatic carbocycles. The molecule has 12 heteroatoms. The Hall–Kier alpha value is -2.56. The number of para-hydroxylation sites is 1. The quantitative estimate of drug-likeness (QED) is 0.410. The number of benzene rings is 1. The van der Waals surface area contributed by atoms with E-state index < -0.39 is 20.0 Å². The SMILES string of the molecule is CCC(OP(=O)(CO[C@H](C)Cn1cnc2c(N)ncnc21)Oc1ccccc1)C1OCCO1. The lowest BCUT2D eigenvalue weighted by Gasteiger charge is -2.27. The summed E-state index contributed by atoms with van der Waals surface area (Å²) in [6, 6.07) is 8.86. The Bertz CT molecular complexity index is 1090. The lowest BCUT2D eigenvalue weighted by atomic mass is 10.3. The number of nitrogens with two attached hydrogens (primary N) is 1. The van der Waals surface area contributed by atoms with Crippen LogP contribution in [0.25, 0.3) is 11.2 Å². The van der Waals surface area contributed by atoms with Crippen LogP contribution < -0.4 is 10.3 Å². The Kier molecular flexibility index (Phi) is 7.56. The van der Waals surface area contributed by atoms with Crippen LogP contribution >= 0.6 is 7.60 Å². The summed E-state index contributed by atoms with van der Waals surface area (Å²) < 4.78 is 44.3. The molecule has 3 aromatic rings. The van der Waals surface area contributed by atoms with Crippen molar-refractivity contribution in [1.82, 2.24) is 19.5 Å². The molecule has 2 N–H and O–H groups in total. The number of nitrogens with zero attached hydrogens (tertiary/aromatic N) is 4. The van der Waals surface area contributed by atoms with Gasteiger partial charge in [0.15, 0.2) is 24.1 Å². The van der Waals surface area contributed by atoms with Gasteiger partial charge < -0.3 is 29.0 Å². The number of hydrogen-bond donors (Lipinski definition) is 1. The fourth-order valence-corrected chi connectivity index (χ4v) is 5.11. The van der Waals surface area contributed by atoms with Crippen molar-refractivity contribution >= 4 is 24.6 Å². The van der Waals surface area contributed by atoms with E-state index in [9.17, 15) is 4.57 Å². The highest BCUT2D eigenvalue weighted by Gasteiger charge is 2.37. The molecule has 0 bridgehead atoms. The lowest BCUT2D eigenvalue weighted by molar-refractivity contribution is -0.114. The maximum absolute atomic E-state index is 13.7. The van der Waals surface area contributed by atoms with E-state index in [1.54, 1.807) is 35.2 Å². The van der Waals surface area contributed by atoms with Gasteiger partial charge in [-0.1, -0.05) is 25.1 Å². The molecule has 1 saturated heterocycles. The zero-order chi connectivity index (χ0) is 23.3. The highest BCUT2D eigenvalue weighted by atomic mass is 31.2. The van der Waals surface area contributed by atoms with Crippen LogP contribution in [0.5, 0.6) is 5.75 Å². The van der Waals surface area contributed by atoms with Crippen LogP contribution in [0.2, 0.25) is 0 Å². The van der Waals surface area contributed by atoms with Gasteiger partial charge in [0.2, 0.25) is 0 Å². The summed E-state index contributed by atoms with van der Waals surface area (Å²) in [5.41, 5.74) is 6.97. The maximum Gasteiger partial charge on any atom is 0.405 e. The van der Waals surface area contributed by atoms with Crippen molar-refractivity contribution in [3.8, 4) is 5.75 Å². The summed E-state index contributed by atoms with van der Waals surface area (Å²) in [6.45, 7) is 5.10. The van der Waals surface area contributed by atoms with E-state index in [2.05, 4.69) is 15.0 Å². The van der Waals surface area contributed by atoms with Gasteiger partial charge in [-0.3, -0.25) is 4.52 Å². The molecule has 3 atom stereocenters. The van der Waals surface area contributed by atoms with Gasteiger partial charge in [-0.15, -0.1) is 0 Å². The minimum atomic E-state index is -3.72. The number of fused-ring (bicyclic) bond motifs is 1. The van der Waals surface area contributed by atoms with Gasteiger partial charge in [0, 0.05) is 0 Å². The minimum Gasteiger partial charge on any atom is -0.423 e. The molecule has 1 fully saturated rings. The number of nitrogen functional groups attached to an aromatic ring is 1. The topological polar surface area (TPSA) is 133 Å². The van der Waals surface area contributed by atoms with Crippen molar-refractivity contribution in [2.24, 2.45) is 0 Å². The second-order valence-corrected chi connectivity index (χ2v) is 9.49. The Labute approximate surface area is 191 Å². The summed E-state index contributed by atoms with van der Waals surface area (Å²) in [6.07, 6.45) is 1.78. The summed E-state index contributed by atoms with van der Waals surface area (Å²) in [5.74, 6) is 0.733. The van der Waals surface area contributed by atoms with E-state index in [4.69, 9.17) is 29.0 Å². The van der Waals surface area contributed by atoms with Crippen LogP contribution in [0, 0.1) is 0 Å². The molecule has 1 aliphatic heterocycles. The van der Waals surface area contributed by atoms with Gasteiger partial charge in [0.05, 0.1) is 32.2 Å². The average Bonchev–Trinajstić information content (AvgIpc) is 3.49. The molecule has 0 aliphatic carbocycles. The van der Waals surface area contributed by atoms with Crippen molar-refractivity contribution in [2.75, 3.05) is 25.3 Å². The molecule has 0 saturated carbocycles. The summed E-state index contributed by atoms with van der Waals surface area (Å²) in [7, 11) is -3.72. The van der Waals surface area contributed by atoms with Crippen molar-refractivity contribution in [3.63, 3.8) is 0 Å². The van der Waals surface area contributed by atoms with Crippen LogP contribution in [0.1, 0.15) is 20.3 Å². The third-order valence-corrected chi connectivity index (χ3v) is 6.58. The van der Waals surface area contributed by atoms with Gasteiger partial charge in [-0.25, -0.2) is 19.5 Å². The van der Waals surface area contributed by atoms with E-state index in [0.29, 0.717) is 48.9 Å². The molecule has 2 aromatic heterocycles. The highest BCUT2D eigenvalue weighted by molar-refractivity contribution is 7.54. The van der Waals surface area contributed by atoms with E-state index in [-0.39, 0.29) is 12.5 Å². The fourth-order valence-electron chi connectivity index (χ4n) is 3.42. The molecule has 11 nitrogen and oxygen atoms in total. The fraction of sp³-hybridized carbons (Fsp3) is 0.476. The Balaban J connectivity index is 1.45. The minimum absolute atomic E-state index is 0.254. The molecule has 0 amide bonds. The van der Waals surface area contributed by atoms with Gasteiger partial charge in [-0.05, 0) is 25.5 Å². The normalized spacial score (nSPS) is 18.2. The molecule has 178 valence electrons. The summed E-state index contributed by atoms with van der Waals surface area (Å²) in [4.78, 5) is 12.4. The first kappa shape index (κ1) is 23.6. The summed E-state index contributed by atoms with van der Waals surface area (Å²) in [5, 5.41) is 0. The van der Waals surface area contributed by atoms with E-state index in [0.717, 1.165) is 0 Å². The number of anilines is 1. The first-order valence-electron chi connectivity index (χ1n) is 10.8. The Morgan fingerprint density at radius 3 is 2.70 bits per heavy atom. The largest absolute Gasteiger partial charge is 0.423 e. The molecule has 2 unspecified atom stereocenters. The lowest BCUT2D eigenvalue weighted by Crippen LogP contribution is -2.30. The first-order valence-corrected chi connectivity index (χ1v) is 12.5. The molecule has 1 aliphatic rings. The maximum atomic E-state index is 13.7. The van der Waals surface area contributed by atoms with Crippen LogP contribution in [-0.2, 0) is 29.8 Å². The Morgan fingerprint density at radius 1 is 1.21 bits per heavy atom. The van der Waals surface area contributed by atoms with E-state index >= 15 is 0 Å². The van der Waals surface area contributed by atoms with Crippen molar-refractivity contribution < 1.29 is 27.8 Å². The van der Waals surface area contributed by atoms with Crippen LogP contribution in [0.15, 0.2) is 43.0 Å². The van der Waals surface area contributed by atoms with Gasteiger partial charge in [0.25, 0.3) is 0 Å². The second kappa shape index (κ2) is 10.6. The molecule has 0 spiro atoms. The molecule has 0 radical (unpaired) electrons. The van der Waals surface area contributed by atoms with Crippen LogP contribution in [0.3, 0.4) is 0 Å². The third kappa shape index (κ3) is 5.87. The summed E-state index contributed by atoms with van der Waals surface area (Å²) >= 11 is 0. The number of ether oxygens (including phenoxy) is 3. The molecular formula is C21H28N5O6P. The van der Waals surface area contributed by atoms with E-state index in [1.807, 2.05) is 19.9 Å². The van der Waals surface area contributed by atoms with E-state index in [1.165, 1.54) is 6.33 Å². The standard InChI is InChI=1S/C21H28N5O6P/c1-3-17(21-28-9-10-29-21)32-33(27,31-16-7-5-4-6-8-16)14-30-15(2)11-26-13-25-18-19(22)23-12-24-20(18)26/h4-8,12-13,15,17,21H,3,9-11,14H2,1-2H3,(H2,22,23,24)/t15-,17?,33?/m1/s1. The molecular weight excluding hydrogens is 449 g/mol. The molecule has 3 heterocycles. The van der Waals surface area contributed by atoms with Crippen molar-refractivity contribution in [1.29, 1.82) is 0 Å². The van der Waals surface area contributed by atoms with Gasteiger partial charge >= 0.3 is 7.60 Å². The predicted octanol–water partition coefficient (Wildman–Crippen LogP) is 3.21. The second-order valence-electron chi connectivity index (χ2n) is 7.61. The molecule has 33 heavy (non-hydrogen) atoms. The number of rotatable bonds is 11. The smallest absolute Gasteiger partial charge is 0.405 e. The van der Waals surface area contributed by atoms with Crippen molar-refractivity contribution in [3.05, 3.63) is 43.0 Å². The molecule has 4 rings (SSSR count). The highest BCUT2D eigenvalue weighted by Crippen LogP contribution is 2.50. The Morgan fingerprint density at radius 2 is 1.97 bits per heavy atom. The van der Waals surface area contributed by atoms with Gasteiger partial charge in [0.1, 0.15) is 23.7 Å². The van der Waals surface area contributed by atoms with Crippen LogP contribution in [-0.4, -0.2) is 57.6 Å². The van der Waals surface area contributed by atoms with Crippen molar-refractivity contribution in [2.45, 2.75) is 45.3 Å². The van der Waals surface area contributed by atoms with Crippen LogP contribution in [0.4, 0.5) is 5.82 Å².